The van der Waals surface area contributed by atoms with Gasteiger partial charge in [-0.15, -0.1) is 0 Å². The van der Waals surface area contributed by atoms with Crippen molar-refractivity contribution in [2.24, 2.45) is 5.92 Å². The molecule has 0 fully saturated rings. The highest BCUT2D eigenvalue weighted by atomic mass is 16.4. The summed E-state index contributed by atoms with van der Waals surface area (Å²) in [4.78, 5) is 15.5. The first-order valence-corrected chi connectivity index (χ1v) is 6.49. The molecule has 0 saturated heterocycles. The first-order valence-electron chi connectivity index (χ1n) is 6.49. The summed E-state index contributed by atoms with van der Waals surface area (Å²) in [7, 11) is 0. The maximum absolute atomic E-state index is 11.1. The van der Waals surface area contributed by atoms with Crippen molar-refractivity contribution in [3.8, 4) is 11.3 Å². The summed E-state index contributed by atoms with van der Waals surface area (Å²) < 4.78 is 1.99. The van der Waals surface area contributed by atoms with E-state index in [1.807, 2.05) is 10.6 Å². The Balaban J connectivity index is 1.97. The summed E-state index contributed by atoms with van der Waals surface area (Å²) >= 11 is 0. The Bertz CT molecular complexity index is 631. The summed E-state index contributed by atoms with van der Waals surface area (Å²) in [5, 5.41) is 9.09. The molecule has 2 heterocycles. The minimum atomic E-state index is -0.712. The maximum Gasteiger partial charge on any atom is 0.308 e. The Morgan fingerprint density at radius 1 is 1.47 bits per heavy atom. The molecule has 19 heavy (non-hydrogen) atoms. The number of fused-ring (bicyclic) bond motifs is 1. The van der Waals surface area contributed by atoms with Crippen molar-refractivity contribution < 1.29 is 9.90 Å². The molecule has 1 aliphatic rings. The third-order valence-electron chi connectivity index (χ3n) is 3.73. The largest absolute Gasteiger partial charge is 0.481 e. The van der Waals surface area contributed by atoms with Crippen LogP contribution in [0.1, 0.15) is 17.7 Å². The van der Waals surface area contributed by atoms with E-state index in [0.29, 0.717) is 13.0 Å². The van der Waals surface area contributed by atoms with Crippen molar-refractivity contribution >= 4 is 5.97 Å². The van der Waals surface area contributed by atoms with E-state index < -0.39 is 5.97 Å². The van der Waals surface area contributed by atoms with Crippen molar-refractivity contribution in [2.45, 2.75) is 26.3 Å². The molecule has 98 valence electrons. The molecule has 1 aliphatic heterocycles. The molecule has 4 nitrogen and oxygen atoms in total. The number of imidazole rings is 1. The maximum atomic E-state index is 11.1. The molecular weight excluding hydrogens is 240 g/mol. The number of carbonyl (C=O) groups is 1. The molecule has 1 aromatic carbocycles. The molecule has 0 spiro atoms. The Labute approximate surface area is 111 Å². The van der Waals surface area contributed by atoms with E-state index >= 15 is 0 Å². The number of rotatable bonds is 2. The monoisotopic (exact) mass is 256 g/mol. The first kappa shape index (κ1) is 12.0. The number of carboxylic acid groups (broad SMARTS) is 1. The second kappa shape index (κ2) is 4.53. The number of benzene rings is 1. The van der Waals surface area contributed by atoms with Gasteiger partial charge >= 0.3 is 5.97 Å². The molecular formula is C15H16N2O2. The van der Waals surface area contributed by atoms with Gasteiger partial charge in [0.25, 0.3) is 0 Å². The van der Waals surface area contributed by atoms with E-state index in [1.54, 1.807) is 6.33 Å². The van der Waals surface area contributed by atoms with Gasteiger partial charge in [-0.3, -0.25) is 4.79 Å². The van der Waals surface area contributed by atoms with E-state index in [-0.39, 0.29) is 5.92 Å². The fraction of sp³-hybridized carbons (Fsp3) is 0.333. The van der Waals surface area contributed by atoms with Gasteiger partial charge in [-0.05, 0) is 25.8 Å². The fourth-order valence-corrected chi connectivity index (χ4v) is 2.70. The Kier molecular flexibility index (Phi) is 2.85. The molecule has 0 bridgehead atoms. The van der Waals surface area contributed by atoms with E-state index in [9.17, 15) is 4.79 Å². The molecule has 0 radical (unpaired) electrons. The predicted molar refractivity (Wildman–Crippen MR) is 71.8 cm³/mol. The van der Waals surface area contributed by atoms with Crippen molar-refractivity contribution in [3.05, 3.63) is 41.9 Å². The molecule has 3 rings (SSSR count). The molecule has 2 aromatic rings. The van der Waals surface area contributed by atoms with Crippen molar-refractivity contribution in [3.63, 3.8) is 0 Å². The summed E-state index contributed by atoms with van der Waals surface area (Å²) in [5.41, 5.74) is 4.47. The van der Waals surface area contributed by atoms with Crippen LogP contribution in [0.5, 0.6) is 0 Å². The van der Waals surface area contributed by atoms with Crippen LogP contribution in [0.15, 0.2) is 30.6 Å². The van der Waals surface area contributed by atoms with Crippen LogP contribution in [-0.4, -0.2) is 20.6 Å². The van der Waals surface area contributed by atoms with Crippen LogP contribution in [0.3, 0.4) is 0 Å². The van der Waals surface area contributed by atoms with Gasteiger partial charge in [0.15, 0.2) is 0 Å². The lowest BCUT2D eigenvalue weighted by Gasteiger charge is -2.21. The summed E-state index contributed by atoms with van der Waals surface area (Å²) in [5.74, 6) is -0.997. The highest BCUT2D eigenvalue weighted by molar-refractivity contribution is 5.70. The molecule has 1 N–H and O–H groups in total. The smallest absolute Gasteiger partial charge is 0.308 e. The zero-order chi connectivity index (χ0) is 13.4. The Morgan fingerprint density at radius 2 is 2.32 bits per heavy atom. The lowest BCUT2D eigenvalue weighted by atomic mass is 9.95. The van der Waals surface area contributed by atoms with E-state index in [4.69, 9.17) is 5.11 Å². The summed E-state index contributed by atoms with van der Waals surface area (Å²) in [6.07, 6.45) is 3.24. The molecule has 4 heteroatoms. The molecule has 0 saturated carbocycles. The van der Waals surface area contributed by atoms with E-state index in [2.05, 4.69) is 30.1 Å². The van der Waals surface area contributed by atoms with Crippen molar-refractivity contribution in [1.29, 1.82) is 0 Å². The number of nitrogens with zero attached hydrogens (tertiary/aromatic N) is 2. The Morgan fingerprint density at radius 3 is 3.05 bits per heavy atom. The van der Waals surface area contributed by atoms with E-state index in [0.717, 1.165) is 23.4 Å². The minimum absolute atomic E-state index is 0.285. The van der Waals surface area contributed by atoms with Crippen LogP contribution in [0.25, 0.3) is 11.3 Å². The average molecular weight is 256 g/mol. The molecule has 1 aromatic heterocycles. The minimum Gasteiger partial charge on any atom is -0.481 e. The normalized spacial score (nSPS) is 18.1. The van der Waals surface area contributed by atoms with Gasteiger partial charge in [0.05, 0.1) is 17.9 Å². The standard InChI is InChI=1S/C15H16N2O2/c1-10-3-2-4-11(7-10)14-13-6-5-12(15(18)19)8-17(13)9-16-14/h2-4,7,9,12H,5-6,8H2,1H3,(H,18,19). The Hall–Kier alpha value is -2.10. The van der Waals surface area contributed by atoms with Gasteiger partial charge < -0.3 is 9.67 Å². The van der Waals surface area contributed by atoms with Crippen LogP contribution in [0.4, 0.5) is 0 Å². The number of aliphatic carboxylic acids is 1. The zero-order valence-corrected chi connectivity index (χ0v) is 10.8. The second-order valence-electron chi connectivity index (χ2n) is 5.14. The van der Waals surface area contributed by atoms with Gasteiger partial charge in [-0.2, -0.15) is 0 Å². The number of aromatic nitrogens is 2. The highest BCUT2D eigenvalue weighted by Gasteiger charge is 2.26. The van der Waals surface area contributed by atoms with Gasteiger partial charge in [-0.1, -0.05) is 23.8 Å². The molecule has 1 atom stereocenters. The quantitative estimate of drug-likeness (QED) is 0.898. The molecule has 1 unspecified atom stereocenters. The first-order chi connectivity index (χ1) is 9.15. The number of aryl methyl sites for hydroxylation is 1. The zero-order valence-electron chi connectivity index (χ0n) is 10.8. The van der Waals surface area contributed by atoms with Gasteiger partial charge in [0.2, 0.25) is 0 Å². The van der Waals surface area contributed by atoms with Crippen molar-refractivity contribution in [2.75, 3.05) is 0 Å². The van der Waals surface area contributed by atoms with Gasteiger partial charge in [-0.25, -0.2) is 4.98 Å². The van der Waals surface area contributed by atoms with Gasteiger partial charge in [0.1, 0.15) is 0 Å². The highest BCUT2D eigenvalue weighted by Crippen LogP contribution is 2.29. The van der Waals surface area contributed by atoms with Crippen LogP contribution in [-0.2, 0) is 17.8 Å². The van der Waals surface area contributed by atoms with Crippen LogP contribution in [0.2, 0.25) is 0 Å². The van der Waals surface area contributed by atoms with Crippen LogP contribution >= 0.6 is 0 Å². The lowest BCUT2D eigenvalue weighted by Crippen LogP contribution is -2.26. The van der Waals surface area contributed by atoms with Gasteiger partial charge in [0, 0.05) is 17.8 Å². The molecule has 0 aliphatic carbocycles. The number of hydrogen-bond donors (Lipinski definition) is 1. The fourth-order valence-electron chi connectivity index (χ4n) is 2.70. The van der Waals surface area contributed by atoms with Crippen LogP contribution in [0, 0.1) is 12.8 Å². The number of carboxylic acids is 1. The number of hydrogen-bond acceptors (Lipinski definition) is 2. The topological polar surface area (TPSA) is 55.1 Å². The SMILES string of the molecule is Cc1cccc(-c2ncn3c2CCC(C(=O)O)C3)c1. The lowest BCUT2D eigenvalue weighted by molar-refractivity contribution is -0.142. The average Bonchev–Trinajstić information content (AvgIpc) is 2.81. The summed E-state index contributed by atoms with van der Waals surface area (Å²) in [6.45, 7) is 2.59. The third kappa shape index (κ3) is 2.14. The summed E-state index contributed by atoms with van der Waals surface area (Å²) in [6, 6.07) is 8.26. The predicted octanol–water partition coefficient (Wildman–Crippen LogP) is 2.51. The van der Waals surface area contributed by atoms with Crippen LogP contribution < -0.4 is 0 Å². The van der Waals surface area contributed by atoms with E-state index in [1.165, 1.54) is 5.56 Å². The third-order valence-corrected chi connectivity index (χ3v) is 3.73. The molecule has 0 amide bonds. The van der Waals surface area contributed by atoms with Crippen molar-refractivity contribution in [1.82, 2.24) is 9.55 Å². The second-order valence-corrected chi connectivity index (χ2v) is 5.14.